The SMILES string of the molecule is NCC1CCCCC1c1nc(C2Cc3ccccc32)no1. The van der Waals surface area contributed by atoms with E-state index in [1.165, 1.54) is 30.4 Å². The van der Waals surface area contributed by atoms with Gasteiger partial charge in [-0.3, -0.25) is 0 Å². The lowest BCUT2D eigenvalue weighted by Crippen LogP contribution is -2.25. The number of rotatable bonds is 3. The number of nitrogens with zero attached hydrogens (tertiary/aromatic N) is 2. The molecule has 21 heavy (non-hydrogen) atoms. The van der Waals surface area contributed by atoms with E-state index in [4.69, 9.17) is 15.2 Å². The van der Waals surface area contributed by atoms with E-state index in [2.05, 4.69) is 29.4 Å². The summed E-state index contributed by atoms with van der Waals surface area (Å²) in [5.74, 6) is 2.84. The summed E-state index contributed by atoms with van der Waals surface area (Å²) in [6, 6.07) is 8.52. The third kappa shape index (κ3) is 2.18. The van der Waals surface area contributed by atoms with Crippen LogP contribution in [0.15, 0.2) is 28.8 Å². The quantitative estimate of drug-likeness (QED) is 0.940. The highest BCUT2D eigenvalue weighted by Crippen LogP contribution is 2.41. The second kappa shape index (κ2) is 5.26. The molecule has 0 bridgehead atoms. The number of aromatic nitrogens is 2. The van der Waals surface area contributed by atoms with Crippen LogP contribution in [0.5, 0.6) is 0 Å². The number of hydrogen-bond donors (Lipinski definition) is 1. The van der Waals surface area contributed by atoms with Gasteiger partial charge >= 0.3 is 0 Å². The van der Waals surface area contributed by atoms with Crippen LogP contribution >= 0.6 is 0 Å². The normalized spacial score (nSPS) is 28.0. The molecule has 1 fully saturated rings. The molecule has 0 amide bonds. The van der Waals surface area contributed by atoms with Gasteiger partial charge in [-0.05, 0) is 42.9 Å². The molecule has 2 aliphatic rings. The minimum absolute atomic E-state index is 0.318. The lowest BCUT2D eigenvalue weighted by atomic mass is 9.77. The van der Waals surface area contributed by atoms with Gasteiger partial charge in [0.15, 0.2) is 5.82 Å². The molecular formula is C17H21N3O. The summed E-state index contributed by atoms with van der Waals surface area (Å²) in [7, 11) is 0. The van der Waals surface area contributed by atoms with Crippen molar-refractivity contribution in [2.24, 2.45) is 11.7 Å². The van der Waals surface area contributed by atoms with Crippen molar-refractivity contribution in [3.05, 3.63) is 47.1 Å². The molecule has 1 aromatic carbocycles. The Labute approximate surface area is 124 Å². The van der Waals surface area contributed by atoms with E-state index in [9.17, 15) is 0 Å². The Kier molecular flexibility index (Phi) is 3.26. The Morgan fingerprint density at radius 3 is 2.90 bits per heavy atom. The minimum atomic E-state index is 0.318. The minimum Gasteiger partial charge on any atom is -0.339 e. The van der Waals surface area contributed by atoms with E-state index in [0.717, 1.165) is 24.6 Å². The molecule has 4 heteroatoms. The van der Waals surface area contributed by atoms with Gasteiger partial charge in [0.05, 0.1) is 5.92 Å². The molecule has 4 nitrogen and oxygen atoms in total. The van der Waals surface area contributed by atoms with Gasteiger partial charge < -0.3 is 10.3 Å². The van der Waals surface area contributed by atoms with Gasteiger partial charge in [-0.15, -0.1) is 0 Å². The van der Waals surface area contributed by atoms with Crippen LogP contribution in [0.1, 0.15) is 60.4 Å². The van der Waals surface area contributed by atoms with Crippen molar-refractivity contribution in [2.75, 3.05) is 6.54 Å². The van der Waals surface area contributed by atoms with Crippen molar-refractivity contribution in [3.8, 4) is 0 Å². The van der Waals surface area contributed by atoms with E-state index in [1.807, 2.05) is 0 Å². The van der Waals surface area contributed by atoms with Crippen LogP contribution in [0.3, 0.4) is 0 Å². The van der Waals surface area contributed by atoms with Crippen LogP contribution in [0, 0.1) is 5.92 Å². The van der Waals surface area contributed by atoms with E-state index < -0.39 is 0 Å². The first kappa shape index (κ1) is 13.0. The van der Waals surface area contributed by atoms with Crippen molar-refractivity contribution >= 4 is 0 Å². The van der Waals surface area contributed by atoms with Crippen LogP contribution in [0.4, 0.5) is 0 Å². The van der Waals surface area contributed by atoms with Crippen molar-refractivity contribution < 1.29 is 4.52 Å². The summed E-state index contributed by atoms with van der Waals surface area (Å²) >= 11 is 0. The summed E-state index contributed by atoms with van der Waals surface area (Å²) in [6.07, 6.45) is 5.86. The predicted octanol–water partition coefficient (Wildman–Crippen LogP) is 2.99. The van der Waals surface area contributed by atoms with Gasteiger partial charge in [-0.1, -0.05) is 42.3 Å². The molecule has 0 spiro atoms. The maximum atomic E-state index is 5.91. The molecule has 3 unspecified atom stereocenters. The van der Waals surface area contributed by atoms with Gasteiger partial charge in [0, 0.05) is 5.92 Å². The Morgan fingerprint density at radius 1 is 1.19 bits per heavy atom. The molecule has 1 aromatic heterocycles. The number of benzene rings is 1. The average molecular weight is 283 g/mol. The van der Waals surface area contributed by atoms with Crippen LogP contribution in [0.25, 0.3) is 0 Å². The summed E-state index contributed by atoms with van der Waals surface area (Å²) in [5, 5.41) is 4.25. The van der Waals surface area contributed by atoms with Crippen molar-refractivity contribution in [1.82, 2.24) is 10.1 Å². The molecule has 2 aromatic rings. The zero-order chi connectivity index (χ0) is 14.2. The fourth-order valence-electron chi connectivity index (χ4n) is 3.84. The molecular weight excluding hydrogens is 262 g/mol. The Balaban J connectivity index is 1.57. The Morgan fingerprint density at radius 2 is 2.05 bits per heavy atom. The molecule has 1 saturated carbocycles. The number of fused-ring (bicyclic) bond motifs is 1. The van der Waals surface area contributed by atoms with Gasteiger partial charge in [-0.25, -0.2) is 0 Å². The van der Waals surface area contributed by atoms with Gasteiger partial charge in [0.1, 0.15) is 0 Å². The summed E-state index contributed by atoms with van der Waals surface area (Å²) < 4.78 is 5.59. The summed E-state index contributed by atoms with van der Waals surface area (Å²) in [5.41, 5.74) is 8.67. The topological polar surface area (TPSA) is 64.9 Å². The molecule has 3 atom stereocenters. The predicted molar refractivity (Wildman–Crippen MR) is 80.0 cm³/mol. The highest BCUT2D eigenvalue weighted by Gasteiger charge is 2.34. The van der Waals surface area contributed by atoms with Crippen LogP contribution in [-0.4, -0.2) is 16.7 Å². The van der Waals surface area contributed by atoms with Crippen molar-refractivity contribution in [1.29, 1.82) is 0 Å². The molecule has 0 saturated heterocycles. The third-order valence-electron chi connectivity index (χ3n) is 5.15. The lowest BCUT2D eigenvalue weighted by molar-refractivity contribution is 0.248. The summed E-state index contributed by atoms with van der Waals surface area (Å²) in [4.78, 5) is 4.72. The van der Waals surface area contributed by atoms with E-state index in [-0.39, 0.29) is 0 Å². The van der Waals surface area contributed by atoms with Gasteiger partial charge in [0.25, 0.3) is 0 Å². The Hall–Kier alpha value is -1.68. The standard InChI is InChI=1S/C17H21N3O/c18-10-12-6-2-4-8-14(12)17-19-16(20-21-17)15-9-11-5-1-3-7-13(11)15/h1,3,5,7,12,14-15H,2,4,6,8-10,18H2. The highest BCUT2D eigenvalue weighted by molar-refractivity contribution is 5.43. The molecule has 0 radical (unpaired) electrons. The molecule has 2 aliphatic carbocycles. The maximum absolute atomic E-state index is 5.91. The summed E-state index contributed by atoms with van der Waals surface area (Å²) in [6.45, 7) is 0.717. The molecule has 2 N–H and O–H groups in total. The van der Waals surface area contributed by atoms with Gasteiger partial charge in [0.2, 0.25) is 5.89 Å². The molecule has 110 valence electrons. The third-order valence-corrected chi connectivity index (χ3v) is 5.15. The first-order chi connectivity index (χ1) is 10.4. The monoisotopic (exact) mass is 283 g/mol. The zero-order valence-corrected chi connectivity index (χ0v) is 12.2. The smallest absolute Gasteiger partial charge is 0.230 e. The van der Waals surface area contributed by atoms with Gasteiger partial charge in [-0.2, -0.15) is 4.98 Å². The molecule has 4 rings (SSSR count). The second-order valence-electron chi connectivity index (χ2n) is 6.33. The largest absolute Gasteiger partial charge is 0.339 e. The van der Waals surface area contributed by atoms with Crippen molar-refractivity contribution in [2.45, 2.75) is 43.9 Å². The second-order valence-corrected chi connectivity index (χ2v) is 6.33. The first-order valence-corrected chi connectivity index (χ1v) is 7.98. The van der Waals surface area contributed by atoms with Crippen molar-refractivity contribution in [3.63, 3.8) is 0 Å². The molecule has 0 aliphatic heterocycles. The Bertz CT molecular complexity index is 636. The van der Waals surface area contributed by atoms with Crippen LogP contribution < -0.4 is 5.73 Å². The zero-order valence-electron chi connectivity index (χ0n) is 12.2. The maximum Gasteiger partial charge on any atom is 0.230 e. The van der Waals surface area contributed by atoms with E-state index in [0.29, 0.717) is 24.3 Å². The van der Waals surface area contributed by atoms with Crippen LogP contribution in [-0.2, 0) is 6.42 Å². The first-order valence-electron chi connectivity index (χ1n) is 7.98. The van der Waals surface area contributed by atoms with E-state index in [1.54, 1.807) is 0 Å². The van der Waals surface area contributed by atoms with Crippen LogP contribution in [0.2, 0.25) is 0 Å². The fraction of sp³-hybridized carbons (Fsp3) is 0.529. The van der Waals surface area contributed by atoms with E-state index >= 15 is 0 Å². The number of nitrogens with two attached hydrogens (primary N) is 1. The molecule has 1 heterocycles. The fourth-order valence-corrected chi connectivity index (χ4v) is 3.84. The average Bonchev–Trinajstić information content (AvgIpc) is 2.97. The lowest BCUT2D eigenvalue weighted by Gasteiger charge is -2.28. The number of hydrogen-bond acceptors (Lipinski definition) is 4. The highest BCUT2D eigenvalue weighted by atomic mass is 16.5.